The quantitative estimate of drug-likeness (QED) is 0.179. The second-order valence-corrected chi connectivity index (χ2v) is 8.93. The topological polar surface area (TPSA) is 91.7 Å². The van der Waals surface area contributed by atoms with Crippen LogP contribution in [0.5, 0.6) is 17.2 Å². The van der Waals surface area contributed by atoms with Crippen LogP contribution in [0.2, 0.25) is 0 Å². The van der Waals surface area contributed by atoms with Crippen molar-refractivity contribution < 1.29 is 28.5 Å². The zero-order valence-corrected chi connectivity index (χ0v) is 20.6. The van der Waals surface area contributed by atoms with Gasteiger partial charge in [0.2, 0.25) is 6.10 Å². The van der Waals surface area contributed by atoms with Gasteiger partial charge in [0.25, 0.3) is 0 Å². The molecule has 0 aliphatic carbocycles. The molecule has 1 fully saturated rings. The van der Waals surface area contributed by atoms with Crippen molar-refractivity contribution in [2.45, 2.75) is 13.0 Å². The molecule has 1 aliphatic heterocycles. The van der Waals surface area contributed by atoms with E-state index in [9.17, 15) is 9.59 Å². The third-order valence-electron chi connectivity index (χ3n) is 5.52. The summed E-state index contributed by atoms with van der Waals surface area (Å²) in [5.41, 5.74) is 3.88. The minimum atomic E-state index is -0.323. The molecule has 3 aromatic carbocycles. The molecule has 1 saturated heterocycles. The van der Waals surface area contributed by atoms with E-state index in [2.05, 4.69) is 4.40 Å². The van der Waals surface area contributed by atoms with Crippen molar-refractivity contribution in [1.29, 1.82) is 0 Å². The molecule has 9 heteroatoms. The number of rotatable bonds is 5. The zero-order valence-electron chi connectivity index (χ0n) is 19.8. The Hall–Kier alpha value is -4.37. The number of cyclic esters (lactones) is 1. The second-order valence-electron chi connectivity index (χ2n) is 7.92. The van der Waals surface area contributed by atoms with Crippen LogP contribution >= 0.6 is 11.3 Å². The van der Waals surface area contributed by atoms with Gasteiger partial charge in [-0.05, 0) is 48.5 Å². The molecule has 2 aromatic heterocycles. The van der Waals surface area contributed by atoms with Gasteiger partial charge < -0.3 is 18.9 Å². The first-order valence-electron chi connectivity index (χ1n) is 11.0. The Labute approximate surface area is 210 Å². The number of carbonyl (C=O) groups excluding carboxylic acids is 2. The lowest BCUT2D eigenvalue weighted by Crippen LogP contribution is -2.00. The SMILES string of the molecule is COc1ccc(-c2cn3c(n2)sc2cc(OC(C)=O)ccc23)cc1.COc1ccc(C2OC2=O)cc1. The molecule has 1 unspecified atom stereocenters. The van der Waals surface area contributed by atoms with E-state index in [0.29, 0.717) is 5.75 Å². The number of fused-ring (bicyclic) bond motifs is 3. The minimum absolute atomic E-state index is 0.153. The molecule has 182 valence electrons. The number of hydrogen-bond acceptors (Lipinski definition) is 8. The molecule has 0 radical (unpaired) electrons. The summed E-state index contributed by atoms with van der Waals surface area (Å²) in [4.78, 5) is 27.3. The number of thiazole rings is 1. The number of hydrogen-bond donors (Lipinski definition) is 0. The predicted octanol–water partition coefficient (Wildman–Crippen LogP) is 5.44. The van der Waals surface area contributed by atoms with Crippen molar-refractivity contribution in [3.05, 3.63) is 78.5 Å². The van der Waals surface area contributed by atoms with Gasteiger partial charge in [0.05, 0.1) is 30.1 Å². The number of nitrogens with zero attached hydrogens (tertiary/aromatic N) is 2. The first-order chi connectivity index (χ1) is 17.4. The van der Waals surface area contributed by atoms with Gasteiger partial charge in [-0.1, -0.05) is 23.5 Å². The molecular weight excluding hydrogens is 480 g/mol. The van der Waals surface area contributed by atoms with Crippen molar-refractivity contribution in [3.8, 4) is 28.5 Å². The molecular formula is C27H22N2O6S. The van der Waals surface area contributed by atoms with Crippen molar-refractivity contribution in [3.63, 3.8) is 0 Å². The maximum absolute atomic E-state index is 11.1. The van der Waals surface area contributed by atoms with Gasteiger partial charge in [0, 0.05) is 30.3 Å². The monoisotopic (exact) mass is 502 g/mol. The Bertz CT molecular complexity index is 1550. The van der Waals surface area contributed by atoms with Crippen LogP contribution in [-0.4, -0.2) is 35.5 Å². The third kappa shape index (κ3) is 4.87. The van der Waals surface area contributed by atoms with Gasteiger partial charge in [-0.15, -0.1) is 0 Å². The third-order valence-corrected chi connectivity index (χ3v) is 6.54. The summed E-state index contributed by atoms with van der Waals surface area (Å²) in [5.74, 6) is 1.68. The minimum Gasteiger partial charge on any atom is -0.497 e. The van der Waals surface area contributed by atoms with Crippen molar-refractivity contribution in [1.82, 2.24) is 9.38 Å². The molecule has 5 aromatic rings. The van der Waals surface area contributed by atoms with E-state index in [0.717, 1.165) is 43.5 Å². The van der Waals surface area contributed by atoms with Gasteiger partial charge in [-0.25, -0.2) is 9.78 Å². The summed E-state index contributed by atoms with van der Waals surface area (Å²) in [6.07, 6.45) is 1.69. The molecule has 8 nitrogen and oxygen atoms in total. The maximum atomic E-state index is 11.1. The molecule has 36 heavy (non-hydrogen) atoms. The molecule has 0 amide bonds. The van der Waals surface area contributed by atoms with Crippen molar-refractivity contribution >= 4 is 38.5 Å². The van der Waals surface area contributed by atoms with Crippen molar-refractivity contribution in [2.75, 3.05) is 14.2 Å². The second kappa shape index (κ2) is 9.71. The smallest absolute Gasteiger partial charge is 0.353 e. The Morgan fingerprint density at radius 1 is 0.944 bits per heavy atom. The Morgan fingerprint density at radius 3 is 2.14 bits per heavy atom. The van der Waals surface area contributed by atoms with E-state index in [4.69, 9.17) is 23.9 Å². The van der Waals surface area contributed by atoms with Gasteiger partial charge in [-0.3, -0.25) is 9.20 Å². The largest absolute Gasteiger partial charge is 0.497 e. The van der Waals surface area contributed by atoms with Crippen LogP contribution in [0.4, 0.5) is 0 Å². The van der Waals surface area contributed by atoms with E-state index in [1.54, 1.807) is 31.6 Å². The van der Waals surface area contributed by atoms with Crippen LogP contribution in [-0.2, 0) is 14.3 Å². The number of carbonyl (C=O) groups is 2. The molecule has 0 bridgehead atoms. The molecule has 1 aliphatic rings. The lowest BCUT2D eigenvalue weighted by atomic mass is 10.1. The number of imidazole rings is 1. The highest BCUT2D eigenvalue weighted by Crippen LogP contribution is 2.33. The van der Waals surface area contributed by atoms with Crippen LogP contribution in [0, 0.1) is 0 Å². The molecule has 6 rings (SSSR count). The average molecular weight is 503 g/mol. The van der Waals surface area contributed by atoms with Gasteiger partial charge in [0.1, 0.15) is 17.2 Å². The van der Waals surface area contributed by atoms with Gasteiger partial charge in [-0.2, -0.15) is 0 Å². The summed E-state index contributed by atoms with van der Waals surface area (Å²) < 4.78 is 23.1. The van der Waals surface area contributed by atoms with E-state index in [-0.39, 0.29) is 18.0 Å². The van der Waals surface area contributed by atoms with Crippen LogP contribution in [0.1, 0.15) is 18.6 Å². The summed E-state index contributed by atoms with van der Waals surface area (Å²) in [7, 11) is 3.26. The highest BCUT2D eigenvalue weighted by molar-refractivity contribution is 7.23. The Morgan fingerprint density at radius 2 is 1.56 bits per heavy atom. The van der Waals surface area contributed by atoms with E-state index >= 15 is 0 Å². The fourth-order valence-corrected chi connectivity index (χ4v) is 4.71. The standard InChI is InChI=1S/C18H14N2O3S.C9H8O3/c1-11(21)23-14-7-8-16-17(9-14)24-18-19-15(10-20(16)18)12-3-5-13(22-2)6-4-12;1-11-7-4-2-6(3-5-7)8-9(10)12-8/h3-10H,1-2H3;2-5,8H,1H3. The Kier molecular flexibility index (Phi) is 6.30. The highest BCUT2D eigenvalue weighted by atomic mass is 32.1. The predicted molar refractivity (Wildman–Crippen MR) is 136 cm³/mol. The summed E-state index contributed by atoms with van der Waals surface area (Å²) in [6.45, 7) is 1.40. The lowest BCUT2D eigenvalue weighted by molar-refractivity contribution is -0.131. The summed E-state index contributed by atoms with van der Waals surface area (Å²) in [6, 6.07) is 20.7. The molecule has 3 heterocycles. The number of methoxy groups -OCH3 is 2. The first-order valence-corrected chi connectivity index (χ1v) is 11.9. The van der Waals surface area contributed by atoms with Crippen LogP contribution in [0.3, 0.4) is 0 Å². The average Bonchev–Trinajstić information content (AvgIpc) is 3.32. The zero-order chi connectivity index (χ0) is 25.2. The molecule has 0 N–H and O–H groups in total. The molecule has 1 atom stereocenters. The summed E-state index contributed by atoms with van der Waals surface area (Å²) >= 11 is 1.56. The van der Waals surface area contributed by atoms with E-state index in [1.807, 2.05) is 66.9 Å². The number of ether oxygens (including phenoxy) is 4. The number of aromatic nitrogens is 2. The van der Waals surface area contributed by atoms with Crippen LogP contribution < -0.4 is 14.2 Å². The Balaban J connectivity index is 0.000000186. The lowest BCUT2D eigenvalue weighted by Gasteiger charge is -2.01. The molecule has 0 spiro atoms. The van der Waals surface area contributed by atoms with Gasteiger partial charge >= 0.3 is 11.9 Å². The van der Waals surface area contributed by atoms with Crippen LogP contribution in [0.15, 0.2) is 72.9 Å². The van der Waals surface area contributed by atoms with E-state index < -0.39 is 0 Å². The molecule has 0 saturated carbocycles. The van der Waals surface area contributed by atoms with E-state index in [1.165, 1.54) is 6.92 Å². The fourth-order valence-electron chi connectivity index (χ4n) is 3.68. The number of esters is 1. The highest BCUT2D eigenvalue weighted by Gasteiger charge is 2.39. The fraction of sp³-hybridized carbons (Fsp3) is 0.148. The normalized spacial score (nSPS) is 14.1. The number of epoxide rings is 1. The summed E-state index contributed by atoms with van der Waals surface area (Å²) in [5, 5.41) is 0. The number of benzene rings is 3. The van der Waals surface area contributed by atoms with Crippen molar-refractivity contribution in [2.24, 2.45) is 0 Å². The first kappa shape index (κ1) is 23.4. The van der Waals surface area contributed by atoms with Gasteiger partial charge in [0.15, 0.2) is 4.96 Å². The van der Waals surface area contributed by atoms with Crippen LogP contribution in [0.25, 0.3) is 26.4 Å². The maximum Gasteiger partial charge on any atom is 0.353 e.